The van der Waals surface area contributed by atoms with Gasteiger partial charge in [-0.05, 0) is 25.8 Å². The van der Waals surface area contributed by atoms with Crippen LogP contribution >= 0.6 is 0 Å². The first-order valence-electron chi connectivity index (χ1n) is 5.95. The zero-order valence-electron chi connectivity index (χ0n) is 9.21. The Balaban J connectivity index is 1.73. The Bertz CT molecular complexity index is 215. The molecule has 2 rings (SSSR count). The van der Waals surface area contributed by atoms with E-state index in [2.05, 4.69) is 5.32 Å². The van der Waals surface area contributed by atoms with E-state index in [0.29, 0.717) is 25.7 Å². The van der Waals surface area contributed by atoms with Crippen LogP contribution in [0, 0.1) is 0 Å². The molecule has 0 aliphatic carbocycles. The van der Waals surface area contributed by atoms with E-state index in [1.807, 2.05) is 4.90 Å². The van der Waals surface area contributed by atoms with Crippen LogP contribution in [0.25, 0.3) is 0 Å². The SMILES string of the molecule is O=C1CCOCCN1CCC1CCCN1. The quantitative estimate of drug-likeness (QED) is 0.735. The first-order valence-corrected chi connectivity index (χ1v) is 5.95. The summed E-state index contributed by atoms with van der Waals surface area (Å²) in [5.41, 5.74) is 0. The molecule has 0 radical (unpaired) electrons. The third-order valence-corrected chi connectivity index (χ3v) is 3.23. The number of hydrogen-bond acceptors (Lipinski definition) is 3. The van der Waals surface area contributed by atoms with Crippen molar-refractivity contribution in [2.24, 2.45) is 0 Å². The third kappa shape index (κ3) is 3.18. The summed E-state index contributed by atoms with van der Waals surface area (Å²) in [7, 11) is 0. The normalized spacial score (nSPS) is 28.1. The predicted octanol–water partition coefficient (Wildman–Crippen LogP) is 0.377. The minimum atomic E-state index is 0.255. The molecule has 2 fully saturated rings. The van der Waals surface area contributed by atoms with Crippen LogP contribution in [0.15, 0.2) is 0 Å². The molecule has 0 aromatic rings. The zero-order chi connectivity index (χ0) is 10.5. The van der Waals surface area contributed by atoms with E-state index in [4.69, 9.17) is 4.74 Å². The summed E-state index contributed by atoms with van der Waals surface area (Å²) < 4.78 is 5.29. The van der Waals surface area contributed by atoms with E-state index in [9.17, 15) is 4.79 Å². The number of nitrogens with zero attached hydrogens (tertiary/aromatic N) is 1. The van der Waals surface area contributed by atoms with Gasteiger partial charge in [0, 0.05) is 19.1 Å². The minimum Gasteiger partial charge on any atom is -0.379 e. The highest BCUT2D eigenvalue weighted by atomic mass is 16.5. The van der Waals surface area contributed by atoms with Crippen LogP contribution in [0.4, 0.5) is 0 Å². The maximum atomic E-state index is 11.6. The van der Waals surface area contributed by atoms with E-state index in [1.165, 1.54) is 12.8 Å². The Kier molecular flexibility index (Phi) is 3.97. The molecule has 1 atom stereocenters. The van der Waals surface area contributed by atoms with Gasteiger partial charge in [-0.15, -0.1) is 0 Å². The number of nitrogens with one attached hydrogen (secondary N) is 1. The molecule has 15 heavy (non-hydrogen) atoms. The molecular weight excluding hydrogens is 192 g/mol. The van der Waals surface area contributed by atoms with Gasteiger partial charge >= 0.3 is 0 Å². The second-order valence-corrected chi connectivity index (χ2v) is 4.33. The number of carbonyl (C=O) groups excluding carboxylic acids is 1. The highest BCUT2D eigenvalue weighted by Crippen LogP contribution is 2.10. The van der Waals surface area contributed by atoms with Gasteiger partial charge < -0.3 is 15.0 Å². The number of amides is 1. The molecule has 2 aliphatic heterocycles. The van der Waals surface area contributed by atoms with Crippen LogP contribution in [0.3, 0.4) is 0 Å². The van der Waals surface area contributed by atoms with Crippen LogP contribution in [0.2, 0.25) is 0 Å². The van der Waals surface area contributed by atoms with Crippen LogP contribution in [-0.2, 0) is 9.53 Å². The maximum Gasteiger partial charge on any atom is 0.224 e. The fourth-order valence-electron chi connectivity index (χ4n) is 2.27. The summed E-state index contributed by atoms with van der Waals surface area (Å²) in [5, 5.41) is 3.46. The highest BCUT2D eigenvalue weighted by Gasteiger charge is 2.19. The van der Waals surface area contributed by atoms with Gasteiger partial charge in [-0.25, -0.2) is 0 Å². The maximum absolute atomic E-state index is 11.6. The Morgan fingerprint density at radius 3 is 3.20 bits per heavy atom. The van der Waals surface area contributed by atoms with Gasteiger partial charge in [-0.3, -0.25) is 4.79 Å². The molecule has 4 nitrogen and oxygen atoms in total. The summed E-state index contributed by atoms with van der Waals surface area (Å²) in [6.45, 7) is 4.09. The molecule has 1 amide bonds. The van der Waals surface area contributed by atoms with Crippen LogP contribution in [-0.4, -0.2) is 49.7 Å². The lowest BCUT2D eigenvalue weighted by Crippen LogP contribution is -2.35. The lowest BCUT2D eigenvalue weighted by molar-refractivity contribution is -0.130. The predicted molar refractivity (Wildman–Crippen MR) is 57.7 cm³/mol. The summed E-state index contributed by atoms with van der Waals surface area (Å²) in [5.74, 6) is 0.255. The van der Waals surface area contributed by atoms with Gasteiger partial charge in [-0.2, -0.15) is 0 Å². The zero-order valence-corrected chi connectivity index (χ0v) is 9.21. The molecule has 2 heterocycles. The average molecular weight is 212 g/mol. The van der Waals surface area contributed by atoms with Crippen molar-refractivity contribution in [3.05, 3.63) is 0 Å². The molecular formula is C11H20N2O2. The van der Waals surface area contributed by atoms with Crippen molar-refractivity contribution in [3.8, 4) is 0 Å². The van der Waals surface area contributed by atoms with Gasteiger partial charge in [0.25, 0.3) is 0 Å². The number of rotatable bonds is 3. The Morgan fingerprint density at radius 1 is 1.47 bits per heavy atom. The van der Waals surface area contributed by atoms with Crippen LogP contribution < -0.4 is 5.32 Å². The fourth-order valence-corrected chi connectivity index (χ4v) is 2.27. The molecule has 0 bridgehead atoms. The molecule has 1 unspecified atom stereocenters. The van der Waals surface area contributed by atoms with Crippen molar-refractivity contribution < 1.29 is 9.53 Å². The van der Waals surface area contributed by atoms with Gasteiger partial charge in [0.1, 0.15) is 0 Å². The summed E-state index contributed by atoms with van der Waals surface area (Å²) in [6, 6.07) is 0.627. The van der Waals surface area contributed by atoms with E-state index in [-0.39, 0.29) is 5.91 Å². The first kappa shape index (κ1) is 10.9. The van der Waals surface area contributed by atoms with Crippen molar-refractivity contribution in [2.75, 3.05) is 32.8 Å². The van der Waals surface area contributed by atoms with Gasteiger partial charge in [0.2, 0.25) is 5.91 Å². The molecule has 86 valence electrons. The van der Waals surface area contributed by atoms with E-state index < -0.39 is 0 Å². The Morgan fingerprint density at radius 2 is 2.40 bits per heavy atom. The topological polar surface area (TPSA) is 41.6 Å². The lowest BCUT2D eigenvalue weighted by Gasteiger charge is -2.21. The van der Waals surface area contributed by atoms with E-state index >= 15 is 0 Å². The third-order valence-electron chi connectivity index (χ3n) is 3.23. The molecule has 0 spiro atoms. The lowest BCUT2D eigenvalue weighted by atomic mass is 10.1. The monoisotopic (exact) mass is 212 g/mol. The van der Waals surface area contributed by atoms with Crippen molar-refractivity contribution >= 4 is 5.91 Å². The Hall–Kier alpha value is -0.610. The minimum absolute atomic E-state index is 0.255. The fraction of sp³-hybridized carbons (Fsp3) is 0.909. The number of carbonyl (C=O) groups is 1. The van der Waals surface area contributed by atoms with Gasteiger partial charge in [-0.1, -0.05) is 0 Å². The standard InChI is InChI=1S/C11H20N2O2/c14-11-4-8-15-9-7-13(11)6-3-10-2-1-5-12-10/h10,12H,1-9H2. The van der Waals surface area contributed by atoms with E-state index in [1.54, 1.807) is 0 Å². The van der Waals surface area contributed by atoms with Crippen LogP contribution in [0.5, 0.6) is 0 Å². The molecule has 2 saturated heterocycles. The molecule has 2 aliphatic rings. The number of hydrogen-bond donors (Lipinski definition) is 1. The van der Waals surface area contributed by atoms with Crippen molar-refractivity contribution in [3.63, 3.8) is 0 Å². The van der Waals surface area contributed by atoms with Crippen LogP contribution in [0.1, 0.15) is 25.7 Å². The number of ether oxygens (including phenoxy) is 1. The Labute approximate surface area is 91.0 Å². The second-order valence-electron chi connectivity index (χ2n) is 4.33. The smallest absolute Gasteiger partial charge is 0.224 e. The summed E-state index contributed by atoms with van der Waals surface area (Å²) in [4.78, 5) is 13.6. The van der Waals surface area contributed by atoms with Crippen molar-refractivity contribution in [2.45, 2.75) is 31.7 Å². The van der Waals surface area contributed by atoms with Crippen molar-refractivity contribution in [1.29, 1.82) is 0 Å². The average Bonchev–Trinajstić information content (AvgIpc) is 2.67. The molecule has 0 aromatic heterocycles. The van der Waals surface area contributed by atoms with E-state index in [0.717, 1.165) is 26.1 Å². The second kappa shape index (κ2) is 5.47. The van der Waals surface area contributed by atoms with Gasteiger partial charge in [0.05, 0.1) is 19.6 Å². The molecule has 0 aromatic carbocycles. The van der Waals surface area contributed by atoms with Gasteiger partial charge in [0.15, 0.2) is 0 Å². The summed E-state index contributed by atoms with van der Waals surface area (Å²) in [6.07, 6.45) is 4.18. The molecule has 4 heteroatoms. The largest absolute Gasteiger partial charge is 0.379 e. The molecule has 1 N–H and O–H groups in total. The molecule has 0 saturated carbocycles. The van der Waals surface area contributed by atoms with Crippen molar-refractivity contribution in [1.82, 2.24) is 10.2 Å². The first-order chi connectivity index (χ1) is 7.36. The summed E-state index contributed by atoms with van der Waals surface area (Å²) >= 11 is 0. The highest BCUT2D eigenvalue weighted by molar-refractivity contribution is 5.76.